The number of nitrogens with zero attached hydrogens (tertiary/aromatic N) is 2. The fourth-order valence-corrected chi connectivity index (χ4v) is 3.31. The molecular formula is C19H30N4O2. The molecule has 0 aromatic heterocycles. The molecule has 1 aromatic rings. The molecule has 0 unspecified atom stereocenters. The molecule has 1 fully saturated rings. The third-order valence-electron chi connectivity index (χ3n) is 4.49. The van der Waals surface area contributed by atoms with E-state index in [0.29, 0.717) is 6.54 Å². The molecule has 25 heavy (non-hydrogen) atoms. The van der Waals surface area contributed by atoms with E-state index in [4.69, 9.17) is 0 Å². The Morgan fingerprint density at radius 2 is 1.88 bits per heavy atom. The highest BCUT2D eigenvalue weighted by atomic mass is 16.2. The van der Waals surface area contributed by atoms with Gasteiger partial charge in [0.05, 0.1) is 6.04 Å². The molecule has 1 aliphatic rings. The number of rotatable bonds is 6. The highest BCUT2D eigenvalue weighted by Gasteiger charge is 2.23. The van der Waals surface area contributed by atoms with Crippen LogP contribution >= 0.6 is 0 Å². The SMILES string of the molecule is CC(C)[C@H](C(=O)NCc1cccc(NC(=O)N2CCCC2)c1)N(C)C. The molecule has 0 bridgehead atoms. The van der Waals surface area contributed by atoms with Crippen LogP contribution in [0.2, 0.25) is 0 Å². The van der Waals surface area contributed by atoms with Crippen molar-refractivity contribution in [3.05, 3.63) is 29.8 Å². The van der Waals surface area contributed by atoms with Crippen molar-refractivity contribution in [3.63, 3.8) is 0 Å². The Kier molecular flexibility index (Phi) is 6.82. The predicted molar refractivity (Wildman–Crippen MR) is 100 cm³/mol. The second-order valence-electron chi connectivity index (χ2n) is 7.19. The summed E-state index contributed by atoms with van der Waals surface area (Å²) >= 11 is 0. The van der Waals surface area contributed by atoms with Gasteiger partial charge in [-0.2, -0.15) is 0 Å². The smallest absolute Gasteiger partial charge is 0.321 e. The lowest BCUT2D eigenvalue weighted by Gasteiger charge is -2.26. The van der Waals surface area contributed by atoms with Crippen molar-refractivity contribution in [2.45, 2.75) is 39.3 Å². The number of carbonyl (C=O) groups excluding carboxylic acids is 2. The molecule has 138 valence electrons. The molecule has 1 heterocycles. The van der Waals surface area contributed by atoms with E-state index in [1.165, 1.54) is 0 Å². The Hall–Kier alpha value is -2.08. The molecule has 0 radical (unpaired) electrons. The predicted octanol–water partition coefficient (Wildman–Crippen LogP) is 2.52. The quantitative estimate of drug-likeness (QED) is 0.832. The highest BCUT2D eigenvalue weighted by molar-refractivity contribution is 5.89. The van der Waals surface area contributed by atoms with Gasteiger partial charge in [-0.25, -0.2) is 4.79 Å². The zero-order valence-corrected chi connectivity index (χ0v) is 15.7. The molecule has 1 aliphatic heterocycles. The molecule has 0 spiro atoms. The number of urea groups is 1. The van der Waals surface area contributed by atoms with Crippen LogP contribution in [0.1, 0.15) is 32.3 Å². The van der Waals surface area contributed by atoms with E-state index >= 15 is 0 Å². The largest absolute Gasteiger partial charge is 0.351 e. The van der Waals surface area contributed by atoms with E-state index in [1.807, 2.05) is 62.0 Å². The maximum absolute atomic E-state index is 12.4. The third kappa shape index (κ3) is 5.46. The number of benzene rings is 1. The summed E-state index contributed by atoms with van der Waals surface area (Å²) in [5.74, 6) is 0.257. The summed E-state index contributed by atoms with van der Waals surface area (Å²) in [6.45, 7) is 6.17. The zero-order chi connectivity index (χ0) is 18.4. The molecule has 2 rings (SSSR count). The van der Waals surface area contributed by atoms with Crippen LogP contribution in [0.15, 0.2) is 24.3 Å². The van der Waals surface area contributed by atoms with Gasteiger partial charge < -0.3 is 15.5 Å². The summed E-state index contributed by atoms with van der Waals surface area (Å²) in [7, 11) is 3.83. The van der Waals surface area contributed by atoms with Crippen molar-refractivity contribution in [1.82, 2.24) is 15.1 Å². The fraction of sp³-hybridized carbons (Fsp3) is 0.579. The van der Waals surface area contributed by atoms with Crippen LogP contribution in [-0.4, -0.2) is 55.0 Å². The minimum absolute atomic E-state index is 0.0199. The fourth-order valence-electron chi connectivity index (χ4n) is 3.31. The molecule has 1 saturated heterocycles. The van der Waals surface area contributed by atoms with Gasteiger partial charge in [-0.3, -0.25) is 9.69 Å². The molecule has 6 nitrogen and oxygen atoms in total. The highest BCUT2D eigenvalue weighted by Crippen LogP contribution is 2.14. The minimum atomic E-state index is -0.155. The summed E-state index contributed by atoms with van der Waals surface area (Å²) < 4.78 is 0. The summed E-state index contributed by atoms with van der Waals surface area (Å²) in [5.41, 5.74) is 1.73. The number of nitrogens with one attached hydrogen (secondary N) is 2. The second-order valence-corrected chi connectivity index (χ2v) is 7.19. The zero-order valence-electron chi connectivity index (χ0n) is 15.7. The number of likely N-dealkylation sites (N-methyl/N-ethyl adjacent to an activating group) is 1. The molecule has 6 heteroatoms. The van der Waals surface area contributed by atoms with E-state index in [2.05, 4.69) is 10.6 Å². The standard InChI is InChI=1S/C19H30N4O2/c1-14(2)17(22(3)4)18(24)20-13-15-8-7-9-16(12-15)21-19(25)23-10-5-6-11-23/h7-9,12,14,17H,5-6,10-11,13H2,1-4H3,(H,20,24)(H,21,25)/t17-/m1/s1. The van der Waals surface area contributed by atoms with E-state index < -0.39 is 0 Å². The van der Waals surface area contributed by atoms with Crippen LogP contribution in [0.4, 0.5) is 10.5 Å². The monoisotopic (exact) mass is 346 g/mol. The Bertz CT molecular complexity index is 587. The Morgan fingerprint density at radius 3 is 2.48 bits per heavy atom. The van der Waals surface area contributed by atoms with Gasteiger partial charge in [-0.15, -0.1) is 0 Å². The summed E-state index contributed by atoms with van der Waals surface area (Å²) in [5, 5.41) is 5.93. The maximum Gasteiger partial charge on any atom is 0.321 e. The average Bonchev–Trinajstić information content (AvgIpc) is 3.07. The van der Waals surface area contributed by atoms with Crippen LogP contribution in [0.5, 0.6) is 0 Å². The van der Waals surface area contributed by atoms with Crippen molar-refractivity contribution in [1.29, 1.82) is 0 Å². The molecule has 0 aliphatic carbocycles. The number of anilines is 1. The molecule has 2 N–H and O–H groups in total. The minimum Gasteiger partial charge on any atom is -0.351 e. The summed E-state index contributed by atoms with van der Waals surface area (Å²) in [6.07, 6.45) is 2.14. The Labute approximate surface area is 150 Å². The van der Waals surface area contributed by atoms with Crippen LogP contribution < -0.4 is 10.6 Å². The first-order chi connectivity index (χ1) is 11.9. The molecule has 1 atom stereocenters. The maximum atomic E-state index is 12.4. The van der Waals surface area contributed by atoms with Crippen LogP contribution in [-0.2, 0) is 11.3 Å². The first-order valence-electron chi connectivity index (χ1n) is 8.97. The summed E-state index contributed by atoms with van der Waals surface area (Å²) in [4.78, 5) is 28.3. The van der Waals surface area contributed by atoms with E-state index in [0.717, 1.165) is 37.2 Å². The number of likely N-dealkylation sites (tertiary alicyclic amines) is 1. The van der Waals surface area contributed by atoms with Crippen LogP contribution in [0, 0.1) is 5.92 Å². The average molecular weight is 346 g/mol. The van der Waals surface area contributed by atoms with Gasteiger partial charge in [-0.05, 0) is 50.6 Å². The molecule has 1 aromatic carbocycles. The molecule has 0 saturated carbocycles. The lowest BCUT2D eigenvalue weighted by Crippen LogP contribution is -2.46. The first-order valence-corrected chi connectivity index (χ1v) is 8.97. The normalized spacial score (nSPS) is 15.5. The van der Waals surface area contributed by atoms with Crippen molar-refractivity contribution in [2.24, 2.45) is 5.92 Å². The van der Waals surface area contributed by atoms with Gasteiger partial charge in [0.1, 0.15) is 0 Å². The third-order valence-corrected chi connectivity index (χ3v) is 4.49. The molecular weight excluding hydrogens is 316 g/mol. The first kappa shape index (κ1) is 19.2. The van der Waals surface area contributed by atoms with Crippen molar-refractivity contribution >= 4 is 17.6 Å². The van der Waals surface area contributed by atoms with Crippen molar-refractivity contribution in [3.8, 4) is 0 Å². The van der Waals surface area contributed by atoms with Crippen molar-refractivity contribution in [2.75, 3.05) is 32.5 Å². The van der Waals surface area contributed by atoms with Gasteiger partial charge in [0.15, 0.2) is 0 Å². The van der Waals surface area contributed by atoms with E-state index in [9.17, 15) is 9.59 Å². The number of carbonyl (C=O) groups is 2. The molecule has 3 amide bonds. The number of amides is 3. The number of hydrogen-bond acceptors (Lipinski definition) is 3. The van der Waals surface area contributed by atoms with E-state index in [1.54, 1.807) is 0 Å². The van der Waals surface area contributed by atoms with Gasteiger partial charge >= 0.3 is 6.03 Å². The lowest BCUT2D eigenvalue weighted by molar-refractivity contribution is -0.127. The van der Waals surface area contributed by atoms with Gasteiger partial charge in [0.2, 0.25) is 5.91 Å². The van der Waals surface area contributed by atoms with Gasteiger partial charge in [0, 0.05) is 25.3 Å². The van der Waals surface area contributed by atoms with E-state index in [-0.39, 0.29) is 23.9 Å². The topological polar surface area (TPSA) is 64.7 Å². The number of hydrogen-bond donors (Lipinski definition) is 2. The van der Waals surface area contributed by atoms with Crippen molar-refractivity contribution < 1.29 is 9.59 Å². The van der Waals surface area contributed by atoms with Crippen LogP contribution in [0.25, 0.3) is 0 Å². The Morgan fingerprint density at radius 1 is 1.20 bits per heavy atom. The van der Waals surface area contributed by atoms with Gasteiger partial charge in [0.25, 0.3) is 0 Å². The summed E-state index contributed by atoms with van der Waals surface area (Å²) in [6, 6.07) is 7.42. The second kappa shape index (κ2) is 8.85. The van der Waals surface area contributed by atoms with Crippen LogP contribution in [0.3, 0.4) is 0 Å². The lowest BCUT2D eigenvalue weighted by atomic mass is 10.0. The Balaban J connectivity index is 1.92. The van der Waals surface area contributed by atoms with Gasteiger partial charge in [-0.1, -0.05) is 26.0 Å².